The molecule has 8 heteroatoms. The number of ether oxygens (including phenoxy) is 1. The molecule has 3 aliphatic heterocycles. The SMILES string of the molecule is CNC(=O)[C@@H]1[C@@H]2CCC3(O2)C(C(=O)NC(C)(C)C)N(CCCCO)C(=O)[C@H]13. The van der Waals surface area contributed by atoms with Crippen molar-refractivity contribution in [2.75, 3.05) is 20.2 Å². The molecule has 0 radical (unpaired) electrons. The molecule has 3 rings (SSSR count). The van der Waals surface area contributed by atoms with Crippen LogP contribution < -0.4 is 10.6 Å². The number of aliphatic hydroxyl groups excluding tert-OH is 1. The molecule has 3 fully saturated rings. The van der Waals surface area contributed by atoms with Gasteiger partial charge in [0.15, 0.2) is 0 Å². The monoisotopic (exact) mass is 381 g/mol. The van der Waals surface area contributed by atoms with Crippen molar-refractivity contribution in [3.63, 3.8) is 0 Å². The fraction of sp³-hybridized carbons (Fsp3) is 0.842. The molecule has 0 aromatic carbocycles. The van der Waals surface area contributed by atoms with Crippen LogP contribution in [0.3, 0.4) is 0 Å². The zero-order chi connectivity index (χ0) is 20.0. The van der Waals surface area contributed by atoms with Crippen molar-refractivity contribution >= 4 is 17.7 Å². The first-order valence-electron chi connectivity index (χ1n) is 9.79. The third-order valence-electron chi connectivity index (χ3n) is 5.90. The van der Waals surface area contributed by atoms with Crippen LogP contribution >= 0.6 is 0 Å². The van der Waals surface area contributed by atoms with Crippen molar-refractivity contribution in [2.45, 2.75) is 69.7 Å². The van der Waals surface area contributed by atoms with Gasteiger partial charge in [-0.3, -0.25) is 14.4 Å². The maximum Gasteiger partial charge on any atom is 0.246 e. The third kappa shape index (κ3) is 3.23. The molecule has 3 saturated heterocycles. The van der Waals surface area contributed by atoms with Gasteiger partial charge in [0.25, 0.3) is 0 Å². The number of carbonyl (C=O) groups is 3. The Balaban J connectivity index is 1.96. The summed E-state index contributed by atoms with van der Waals surface area (Å²) in [5.74, 6) is -1.80. The van der Waals surface area contributed by atoms with Crippen LogP contribution in [0.2, 0.25) is 0 Å². The Morgan fingerprint density at radius 2 is 2.00 bits per heavy atom. The van der Waals surface area contributed by atoms with Crippen LogP contribution in [0.25, 0.3) is 0 Å². The van der Waals surface area contributed by atoms with Crippen molar-refractivity contribution in [3.05, 3.63) is 0 Å². The molecule has 3 heterocycles. The Morgan fingerprint density at radius 3 is 2.59 bits per heavy atom. The highest BCUT2D eigenvalue weighted by molar-refractivity contribution is 5.99. The molecule has 0 aromatic rings. The van der Waals surface area contributed by atoms with Crippen LogP contribution in [0.1, 0.15) is 46.5 Å². The first-order valence-corrected chi connectivity index (χ1v) is 9.79. The quantitative estimate of drug-likeness (QED) is 0.552. The standard InChI is InChI=1S/C19H31N3O5/c1-18(2,3)21-16(25)14-19-8-7-11(27-19)12(15(24)20-4)13(19)17(26)22(14)9-5-6-10-23/h11-14,23H,5-10H2,1-4H3,(H,20,24)(H,21,25)/t11-,12+,13-,14?,19?/m0/s1. The minimum absolute atomic E-state index is 0.0366. The van der Waals surface area contributed by atoms with E-state index in [9.17, 15) is 14.4 Å². The number of rotatable bonds is 6. The first kappa shape index (κ1) is 20.1. The predicted octanol–water partition coefficient (Wildman–Crippen LogP) is -0.206. The molecule has 2 unspecified atom stereocenters. The number of likely N-dealkylation sites (tertiary alicyclic amines) is 1. The largest absolute Gasteiger partial charge is 0.396 e. The van der Waals surface area contributed by atoms with E-state index in [1.165, 1.54) is 0 Å². The van der Waals surface area contributed by atoms with Gasteiger partial charge in [-0.25, -0.2) is 0 Å². The van der Waals surface area contributed by atoms with Crippen LogP contribution in [-0.2, 0) is 19.1 Å². The molecule has 0 saturated carbocycles. The lowest BCUT2D eigenvalue weighted by Crippen LogP contribution is -2.58. The van der Waals surface area contributed by atoms with E-state index < -0.39 is 29.0 Å². The predicted molar refractivity (Wildman–Crippen MR) is 97.6 cm³/mol. The Hall–Kier alpha value is -1.67. The number of amides is 3. The summed E-state index contributed by atoms with van der Waals surface area (Å²) < 4.78 is 6.24. The first-order chi connectivity index (χ1) is 12.7. The number of hydrogen-bond donors (Lipinski definition) is 3. The fourth-order valence-electron chi connectivity index (χ4n) is 4.99. The van der Waals surface area contributed by atoms with Crippen molar-refractivity contribution in [1.29, 1.82) is 0 Å². The summed E-state index contributed by atoms with van der Waals surface area (Å²) >= 11 is 0. The van der Waals surface area contributed by atoms with Crippen molar-refractivity contribution in [1.82, 2.24) is 15.5 Å². The Labute approximate surface area is 160 Å². The highest BCUT2D eigenvalue weighted by atomic mass is 16.5. The normalized spacial score (nSPS) is 34.7. The lowest BCUT2D eigenvalue weighted by atomic mass is 9.70. The van der Waals surface area contributed by atoms with E-state index >= 15 is 0 Å². The molecule has 152 valence electrons. The second-order valence-electron chi connectivity index (χ2n) is 8.87. The average molecular weight is 381 g/mol. The number of aliphatic hydroxyl groups is 1. The Bertz CT molecular complexity index is 631. The van der Waals surface area contributed by atoms with Gasteiger partial charge in [0.1, 0.15) is 11.6 Å². The van der Waals surface area contributed by atoms with Crippen LogP contribution in [0.4, 0.5) is 0 Å². The summed E-state index contributed by atoms with van der Waals surface area (Å²) in [4.78, 5) is 40.5. The van der Waals surface area contributed by atoms with Gasteiger partial charge in [0.2, 0.25) is 17.7 Å². The summed E-state index contributed by atoms with van der Waals surface area (Å²) in [6.45, 7) is 6.09. The van der Waals surface area contributed by atoms with Crippen LogP contribution in [0.15, 0.2) is 0 Å². The smallest absolute Gasteiger partial charge is 0.246 e. The number of hydrogen-bond acceptors (Lipinski definition) is 5. The van der Waals surface area contributed by atoms with Gasteiger partial charge >= 0.3 is 0 Å². The number of fused-ring (bicyclic) bond motifs is 1. The summed E-state index contributed by atoms with van der Waals surface area (Å²) in [5.41, 5.74) is -1.38. The van der Waals surface area contributed by atoms with Gasteiger partial charge < -0.3 is 25.4 Å². The number of carbonyl (C=O) groups excluding carboxylic acids is 3. The molecule has 0 aromatic heterocycles. The molecule has 3 N–H and O–H groups in total. The van der Waals surface area contributed by atoms with Crippen LogP contribution in [0, 0.1) is 11.8 Å². The van der Waals surface area contributed by atoms with Crippen molar-refractivity contribution < 1.29 is 24.2 Å². The van der Waals surface area contributed by atoms with E-state index in [1.807, 2.05) is 20.8 Å². The summed E-state index contributed by atoms with van der Waals surface area (Å²) in [6, 6.07) is -0.743. The van der Waals surface area contributed by atoms with Crippen LogP contribution in [0.5, 0.6) is 0 Å². The maximum absolute atomic E-state index is 13.3. The van der Waals surface area contributed by atoms with Crippen molar-refractivity contribution in [2.24, 2.45) is 11.8 Å². The summed E-state index contributed by atoms with van der Waals surface area (Å²) in [6.07, 6.45) is 2.10. The van der Waals surface area contributed by atoms with Gasteiger partial charge in [-0.2, -0.15) is 0 Å². The highest BCUT2D eigenvalue weighted by Gasteiger charge is 2.74. The molecular formula is C19H31N3O5. The second-order valence-corrected chi connectivity index (χ2v) is 8.87. The van der Waals surface area contributed by atoms with E-state index in [4.69, 9.17) is 9.84 Å². The summed E-state index contributed by atoms with van der Waals surface area (Å²) in [7, 11) is 1.56. The number of nitrogens with one attached hydrogen (secondary N) is 2. The zero-order valence-electron chi connectivity index (χ0n) is 16.6. The maximum atomic E-state index is 13.3. The van der Waals surface area contributed by atoms with E-state index in [0.29, 0.717) is 32.2 Å². The lowest BCUT2D eigenvalue weighted by molar-refractivity contribution is -0.142. The molecule has 8 nitrogen and oxygen atoms in total. The topological polar surface area (TPSA) is 108 Å². The van der Waals surface area contributed by atoms with E-state index in [1.54, 1.807) is 11.9 Å². The molecule has 1 spiro atoms. The van der Waals surface area contributed by atoms with Gasteiger partial charge in [-0.15, -0.1) is 0 Å². The van der Waals surface area contributed by atoms with E-state index in [-0.39, 0.29) is 30.4 Å². The fourth-order valence-corrected chi connectivity index (χ4v) is 4.99. The van der Waals surface area contributed by atoms with E-state index in [2.05, 4.69) is 10.6 Å². The molecular weight excluding hydrogens is 350 g/mol. The Kier molecular flexibility index (Phi) is 5.24. The number of nitrogens with zero attached hydrogens (tertiary/aromatic N) is 1. The van der Waals surface area contributed by atoms with E-state index in [0.717, 1.165) is 0 Å². The molecule has 3 amide bonds. The molecule has 3 aliphatic rings. The van der Waals surface area contributed by atoms with Gasteiger partial charge in [-0.05, 0) is 46.5 Å². The molecule has 27 heavy (non-hydrogen) atoms. The third-order valence-corrected chi connectivity index (χ3v) is 5.90. The minimum atomic E-state index is -0.937. The molecule has 2 bridgehead atoms. The minimum Gasteiger partial charge on any atom is -0.396 e. The van der Waals surface area contributed by atoms with Crippen LogP contribution in [-0.4, -0.2) is 71.2 Å². The van der Waals surface area contributed by atoms with Gasteiger partial charge in [-0.1, -0.05) is 0 Å². The van der Waals surface area contributed by atoms with Gasteiger partial charge in [0, 0.05) is 25.7 Å². The average Bonchev–Trinajstić information content (AvgIpc) is 3.21. The molecule has 0 aliphatic carbocycles. The lowest BCUT2D eigenvalue weighted by Gasteiger charge is -2.35. The highest BCUT2D eigenvalue weighted by Crippen LogP contribution is 2.58. The summed E-state index contributed by atoms with van der Waals surface area (Å²) in [5, 5.41) is 14.7. The second kappa shape index (κ2) is 7.05. The molecule has 5 atom stereocenters. The van der Waals surface area contributed by atoms with Crippen molar-refractivity contribution in [3.8, 4) is 0 Å². The zero-order valence-corrected chi connectivity index (χ0v) is 16.6. The van der Waals surface area contributed by atoms with Gasteiger partial charge in [0.05, 0.1) is 17.9 Å². The number of unbranched alkanes of at least 4 members (excludes halogenated alkanes) is 1. The Morgan fingerprint density at radius 1 is 1.30 bits per heavy atom.